The van der Waals surface area contributed by atoms with E-state index in [2.05, 4.69) is 33.8 Å². The lowest BCUT2D eigenvalue weighted by Crippen LogP contribution is -2.66. The standard InChI is InChI=1S/C44H70O16/c1-19-8-13-44(54-17-19)20(2)30-28(60-44)15-26-24-7-6-22-14-23(9-11-42(22,4)25(24)10-12-43(26,30)5)56-41-38(59-40-35(51)33(49)31(47)21(3)55-40)36(52)37(29(16-45)57-41)58-39-34(50)32(48)27(46)18-53-39/h6,19-21,23-41,45-52H,7-18H2,1-5H3. The third kappa shape index (κ3) is 7.19. The van der Waals surface area contributed by atoms with Crippen molar-refractivity contribution in [1.82, 2.24) is 0 Å². The fourth-order valence-corrected chi connectivity index (χ4v) is 13.7. The van der Waals surface area contributed by atoms with Gasteiger partial charge in [0, 0.05) is 12.3 Å². The molecule has 0 aromatic rings. The molecular formula is C44H70O16. The highest BCUT2D eigenvalue weighted by Gasteiger charge is 2.69. The Bertz CT molecular complexity index is 1560. The average Bonchev–Trinajstić information content (AvgIpc) is 3.68. The molecule has 0 bridgehead atoms. The Morgan fingerprint density at radius 3 is 2.22 bits per heavy atom. The summed E-state index contributed by atoms with van der Waals surface area (Å²) in [4.78, 5) is 0. The average molecular weight is 855 g/mol. The lowest BCUT2D eigenvalue weighted by Gasteiger charge is -2.58. The summed E-state index contributed by atoms with van der Waals surface area (Å²) in [7, 11) is 0. The largest absolute Gasteiger partial charge is 0.394 e. The predicted octanol–water partition coefficient (Wildman–Crippen LogP) is 0.853. The van der Waals surface area contributed by atoms with Crippen molar-refractivity contribution in [3.8, 4) is 0 Å². The van der Waals surface area contributed by atoms with Crippen LogP contribution in [0, 0.1) is 46.3 Å². The van der Waals surface area contributed by atoms with E-state index in [-0.39, 0.29) is 29.6 Å². The number of aliphatic hydroxyl groups excluding tert-OH is 8. The van der Waals surface area contributed by atoms with Crippen LogP contribution in [0.5, 0.6) is 0 Å². The van der Waals surface area contributed by atoms with Crippen LogP contribution in [0.3, 0.4) is 0 Å². The smallest absolute Gasteiger partial charge is 0.187 e. The Hall–Kier alpha value is -0.900. The second-order valence-electron chi connectivity index (χ2n) is 20.6. The second kappa shape index (κ2) is 16.5. The zero-order valence-corrected chi connectivity index (χ0v) is 35.6. The molecule has 5 saturated heterocycles. The molecule has 0 amide bonds. The summed E-state index contributed by atoms with van der Waals surface area (Å²) >= 11 is 0. The van der Waals surface area contributed by atoms with Crippen LogP contribution in [-0.2, 0) is 37.9 Å². The Labute approximate surface area is 352 Å². The molecule has 9 rings (SSSR count). The van der Waals surface area contributed by atoms with Gasteiger partial charge >= 0.3 is 0 Å². The first kappa shape index (κ1) is 44.3. The summed E-state index contributed by atoms with van der Waals surface area (Å²) in [6.07, 6.45) is -9.25. The van der Waals surface area contributed by atoms with Crippen LogP contribution in [0.25, 0.3) is 0 Å². The van der Waals surface area contributed by atoms with Crippen LogP contribution in [-0.4, -0.2) is 165 Å². The highest BCUT2D eigenvalue weighted by atomic mass is 16.8. The molecule has 1 spiro atoms. The van der Waals surface area contributed by atoms with Gasteiger partial charge in [0.1, 0.15) is 61.0 Å². The van der Waals surface area contributed by atoms with Crippen LogP contribution < -0.4 is 0 Å². The second-order valence-corrected chi connectivity index (χ2v) is 20.6. The van der Waals surface area contributed by atoms with E-state index in [1.165, 1.54) is 18.9 Å². The maximum absolute atomic E-state index is 11.9. The minimum atomic E-state index is -1.70. The van der Waals surface area contributed by atoms with Crippen LogP contribution in [0.2, 0.25) is 0 Å². The maximum Gasteiger partial charge on any atom is 0.187 e. The predicted molar refractivity (Wildman–Crippen MR) is 208 cm³/mol. The number of fused-ring (bicyclic) bond motifs is 7. The summed E-state index contributed by atoms with van der Waals surface area (Å²) in [5.74, 6) is 2.65. The van der Waals surface area contributed by atoms with Crippen LogP contribution in [0.1, 0.15) is 92.4 Å². The first-order valence-electron chi connectivity index (χ1n) is 22.8. The monoisotopic (exact) mass is 854 g/mol. The van der Waals surface area contributed by atoms with Gasteiger partial charge < -0.3 is 78.7 Å². The molecule has 16 heteroatoms. The van der Waals surface area contributed by atoms with E-state index >= 15 is 0 Å². The molecule has 4 aliphatic carbocycles. The van der Waals surface area contributed by atoms with Gasteiger partial charge in [-0.2, -0.15) is 0 Å². The van der Waals surface area contributed by atoms with Crippen molar-refractivity contribution in [2.75, 3.05) is 19.8 Å². The minimum Gasteiger partial charge on any atom is -0.394 e. The van der Waals surface area contributed by atoms with Crippen molar-refractivity contribution in [3.05, 3.63) is 11.6 Å². The molecule has 16 nitrogen and oxygen atoms in total. The van der Waals surface area contributed by atoms with Crippen LogP contribution in [0.4, 0.5) is 0 Å². The Morgan fingerprint density at radius 2 is 1.48 bits per heavy atom. The van der Waals surface area contributed by atoms with Gasteiger partial charge in [-0.25, -0.2) is 0 Å². The first-order chi connectivity index (χ1) is 28.5. The zero-order valence-electron chi connectivity index (χ0n) is 35.6. The molecule has 3 saturated carbocycles. The molecule has 9 aliphatic rings. The number of hydrogen-bond acceptors (Lipinski definition) is 16. The highest BCUT2D eigenvalue weighted by molar-refractivity contribution is 5.26. The van der Waals surface area contributed by atoms with Gasteiger partial charge in [0.05, 0.1) is 38.1 Å². The Kier molecular flexibility index (Phi) is 12.2. The third-order valence-corrected chi connectivity index (χ3v) is 17.3. The molecule has 5 aliphatic heterocycles. The molecule has 60 heavy (non-hydrogen) atoms. The molecule has 5 heterocycles. The van der Waals surface area contributed by atoms with Crippen molar-refractivity contribution in [2.45, 2.75) is 196 Å². The molecule has 8 fully saturated rings. The van der Waals surface area contributed by atoms with Crippen molar-refractivity contribution in [3.63, 3.8) is 0 Å². The lowest BCUT2D eigenvalue weighted by atomic mass is 9.47. The maximum atomic E-state index is 11.9. The number of allylic oxidation sites excluding steroid dienone is 1. The summed E-state index contributed by atoms with van der Waals surface area (Å²) in [6.45, 7) is 10.9. The Morgan fingerprint density at radius 1 is 0.733 bits per heavy atom. The van der Waals surface area contributed by atoms with Crippen molar-refractivity contribution in [1.29, 1.82) is 0 Å². The van der Waals surface area contributed by atoms with Gasteiger partial charge in [-0.05, 0) is 98.7 Å². The van der Waals surface area contributed by atoms with Crippen LogP contribution >= 0.6 is 0 Å². The lowest BCUT2D eigenvalue weighted by molar-refractivity contribution is -0.385. The summed E-state index contributed by atoms with van der Waals surface area (Å²) in [5.41, 5.74) is 1.54. The molecule has 0 aromatic carbocycles. The van der Waals surface area contributed by atoms with E-state index in [0.717, 1.165) is 45.1 Å². The summed E-state index contributed by atoms with van der Waals surface area (Å²) in [5, 5.41) is 85.1. The van der Waals surface area contributed by atoms with Crippen molar-refractivity contribution >= 4 is 0 Å². The SMILES string of the molecule is CC1CCC2(OC1)OC1CC3C4CC=C5CC(OC6OC(CO)C(OC7OCC(O)C(O)C7O)C(O)C6OC6OC(C)C(O)C(O)C6O)CCC5(C)C4CCC3(C)C1C2C. The van der Waals surface area contributed by atoms with E-state index < -0.39 is 98.4 Å². The van der Waals surface area contributed by atoms with Crippen LogP contribution in [0.15, 0.2) is 11.6 Å². The van der Waals surface area contributed by atoms with Gasteiger partial charge in [-0.15, -0.1) is 0 Å². The highest BCUT2D eigenvalue weighted by Crippen LogP contribution is 2.70. The van der Waals surface area contributed by atoms with Gasteiger partial charge in [0.25, 0.3) is 0 Å². The zero-order chi connectivity index (χ0) is 42.6. The topological polar surface area (TPSA) is 236 Å². The fourth-order valence-electron chi connectivity index (χ4n) is 13.7. The molecular weight excluding hydrogens is 784 g/mol. The first-order valence-corrected chi connectivity index (χ1v) is 22.8. The van der Waals surface area contributed by atoms with Crippen molar-refractivity contribution in [2.24, 2.45) is 46.3 Å². The number of ether oxygens (including phenoxy) is 8. The van der Waals surface area contributed by atoms with Gasteiger partial charge in [0.2, 0.25) is 0 Å². The summed E-state index contributed by atoms with van der Waals surface area (Å²) < 4.78 is 49.8. The number of aliphatic hydroxyl groups is 8. The molecule has 0 radical (unpaired) electrons. The normalized spacial score (nSPS) is 57.9. The van der Waals surface area contributed by atoms with Gasteiger partial charge in [0.15, 0.2) is 24.7 Å². The van der Waals surface area contributed by atoms with E-state index in [9.17, 15) is 40.9 Å². The number of rotatable bonds is 7. The van der Waals surface area contributed by atoms with E-state index in [1.54, 1.807) is 0 Å². The molecule has 8 N–H and O–H groups in total. The van der Waals surface area contributed by atoms with E-state index in [4.69, 9.17) is 37.9 Å². The molecule has 0 aromatic heterocycles. The van der Waals surface area contributed by atoms with Gasteiger partial charge in [-0.3, -0.25) is 0 Å². The molecule has 25 atom stereocenters. The Balaban J connectivity index is 0.913. The quantitative estimate of drug-likeness (QED) is 0.166. The molecule has 25 unspecified atom stereocenters. The summed E-state index contributed by atoms with van der Waals surface area (Å²) in [6, 6.07) is 0. The number of hydrogen-bond donors (Lipinski definition) is 8. The van der Waals surface area contributed by atoms with Gasteiger partial charge in [-0.1, -0.05) is 39.3 Å². The fraction of sp³-hybridized carbons (Fsp3) is 0.955. The van der Waals surface area contributed by atoms with E-state index in [0.29, 0.717) is 48.3 Å². The molecule has 342 valence electrons. The van der Waals surface area contributed by atoms with Crippen molar-refractivity contribution < 1.29 is 78.7 Å². The third-order valence-electron chi connectivity index (χ3n) is 17.3. The van der Waals surface area contributed by atoms with E-state index in [1.807, 2.05) is 0 Å². The minimum absolute atomic E-state index is 0.0142.